The van der Waals surface area contributed by atoms with E-state index >= 15 is 0 Å². The minimum atomic E-state index is -0.435. The lowest BCUT2D eigenvalue weighted by Gasteiger charge is -2.18. The molecule has 0 fully saturated rings. The molecular formula is C22H28N2O7. The number of amides is 2. The maximum atomic E-state index is 12.5. The molecule has 31 heavy (non-hydrogen) atoms. The number of methoxy groups -OCH3 is 4. The summed E-state index contributed by atoms with van der Waals surface area (Å²) in [5.41, 5.74) is 0.285. The maximum Gasteiger partial charge on any atom is 0.251 e. The summed E-state index contributed by atoms with van der Waals surface area (Å²) in [5, 5.41) is 2.60. The molecule has 9 nitrogen and oxygen atoms in total. The van der Waals surface area contributed by atoms with Crippen LogP contribution in [0.5, 0.6) is 28.7 Å². The van der Waals surface area contributed by atoms with E-state index in [1.807, 2.05) is 0 Å². The van der Waals surface area contributed by atoms with Crippen molar-refractivity contribution in [1.82, 2.24) is 10.2 Å². The zero-order valence-corrected chi connectivity index (χ0v) is 18.4. The molecule has 168 valence electrons. The van der Waals surface area contributed by atoms with Crippen LogP contribution in [0.4, 0.5) is 0 Å². The van der Waals surface area contributed by atoms with Gasteiger partial charge in [-0.3, -0.25) is 9.59 Å². The van der Waals surface area contributed by atoms with Gasteiger partial charge in [0, 0.05) is 12.6 Å². The molecule has 0 atom stereocenters. The van der Waals surface area contributed by atoms with Crippen LogP contribution in [-0.2, 0) is 4.79 Å². The van der Waals surface area contributed by atoms with E-state index in [1.165, 1.54) is 38.4 Å². The number of ether oxygens (including phenoxy) is 5. The van der Waals surface area contributed by atoms with Gasteiger partial charge < -0.3 is 33.9 Å². The molecule has 0 unspecified atom stereocenters. The van der Waals surface area contributed by atoms with Gasteiger partial charge >= 0.3 is 0 Å². The second kappa shape index (κ2) is 11.5. The van der Waals surface area contributed by atoms with Crippen molar-refractivity contribution in [3.8, 4) is 28.7 Å². The van der Waals surface area contributed by atoms with Crippen molar-refractivity contribution in [3.63, 3.8) is 0 Å². The maximum absolute atomic E-state index is 12.5. The highest BCUT2D eigenvalue weighted by Gasteiger charge is 2.18. The summed E-state index contributed by atoms with van der Waals surface area (Å²) < 4.78 is 26.4. The number of likely N-dealkylation sites (N-methyl/N-ethyl adjacent to an activating group) is 1. The SMILES string of the molecule is COc1ccc(OCCN(C)C(=O)CNC(=O)c2cc(OC)c(OC)c(OC)c2)cc1. The molecule has 0 heterocycles. The summed E-state index contributed by atoms with van der Waals surface area (Å²) in [6.45, 7) is 0.523. The van der Waals surface area contributed by atoms with Crippen molar-refractivity contribution in [1.29, 1.82) is 0 Å². The Kier molecular flexibility index (Phi) is 8.80. The third-order valence-electron chi connectivity index (χ3n) is 4.51. The van der Waals surface area contributed by atoms with Crippen LogP contribution in [0.25, 0.3) is 0 Å². The molecule has 0 aliphatic rings. The molecule has 2 aromatic carbocycles. The molecule has 2 aromatic rings. The topological polar surface area (TPSA) is 95.6 Å². The number of hydrogen-bond acceptors (Lipinski definition) is 7. The molecule has 2 amide bonds. The van der Waals surface area contributed by atoms with Gasteiger partial charge in [-0.2, -0.15) is 0 Å². The predicted octanol–water partition coefficient (Wildman–Crippen LogP) is 1.99. The smallest absolute Gasteiger partial charge is 0.251 e. The third kappa shape index (κ3) is 6.43. The van der Waals surface area contributed by atoms with Crippen molar-refractivity contribution in [2.75, 3.05) is 55.2 Å². The number of hydrogen-bond donors (Lipinski definition) is 1. The van der Waals surface area contributed by atoms with Crippen LogP contribution >= 0.6 is 0 Å². The molecule has 0 aliphatic carbocycles. The summed E-state index contributed by atoms with van der Waals surface area (Å²) in [6.07, 6.45) is 0. The second-order valence-electron chi connectivity index (χ2n) is 6.44. The number of carbonyl (C=O) groups excluding carboxylic acids is 2. The van der Waals surface area contributed by atoms with Gasteiger partial charge in [-0.15, -0.1) is 0 Å². The molecule has 1 N–H and O–H groups in total. The van der Waals surface area contributed by atoms with E-state index in [9.17, 15) is 9.59 Å². The highest BCUT2D eigenvalue weighted by molar-refractivity contribution is 5.97. The Morgan fingerprint density at radius 2 is 1.45 bits per heavy atom. The molecule has 0 aromatic heterocycles. The summed E-state index contributed by atoms with van der Waals surface area (Å²) in [5.74, 6) is 1.82. The number of rotatable bonds is 11. The van der Waals surface area contributed by atoms with Gasteiger partial charge in [0.2, 0.25) is 11.7 Å². The van der Waals surface area contributed by atoms with Crippen LogP contribution in [0.2, 0.25) is 0 Å². The third-order valence-corrected chi connectivity index (χ3v) is 4.51. The van der Waals surface area contributed by atoms with E-state index in [0.29, 0.717) is 36.1 Å². The van der Waals surface area contributed by atoms with Crippen molar-refractivity contribution in [2.45, 2.75) is 0 Å². The van der Waals surface area contributed by atoms with Crippen LogP contribution in [0, 0.1) is 0 Å². The Bertz CT molecular complexity index is 859. The number of nitrogens with zero attached hydrogens (tertiary/aromatic N) is 1. The Morgan fingerprint density at radius 1 is 0.871 bits per heavy atom. The van der Waals surface area contributed by atoms with E-state index in [4.69, 9.17) is 23.7 Å². The average molecular weight is 432 g/mol. The molecule has 0 saturated heterocycles. The number of benzene rings is 2. The van der Waals surface area contributed by atoms with Crippen LogP contribution in [0.3, 0.4) is 0 Å². The Hall–Kier alpha value is -3.62. The highest BCUT2D eigenvalue weighted by Crippen LogP contribution is 2.38. The lowest BCUT2D eigenvalue weighted by molar-refractivity contribution is -0.129. The first-order valence-corrected chi connectivity index (χ1v) is 9.52. The fourth-order valence-electron chi connectivity index (χ4n) is 2.70. The van der Waals surface area contributed by atoms with Gasteiger partial charge in [-0.25, -0.2) is 0 Å². The minimum Gasteiger partial charge on any atom is -0.497 e. The normalized spacial score (nSPS) is 10.1. The van der Waals surface area contributed by atoms with E-state index in [1.54, 1.807) is 38.4 Å². The zero-order chi connectivity index (χ0) is 22.8. The van der Waals surface area contributed by atoms with Gasteiger partial charge in [0.05, 0.1) is 41.5 Å². The van der Waals surface area contributed by atoms with Crippen molar-refractivity contribution < 1.29 is 33.3 Å². The van der Waals surface area contributed by atoms with Gasteiger partial charge in [0.1, 0.15) is 18.1 Å². The molecular weight excluding hydrogens is 404 g/mol. The number of carbonyl (C=O) groups is 2. The lowest BCUT2D eigenvalue weighted by Crippen LogP contribution is -2.39. The first-order chi connectivity index (χ1) is 14.9. The van der Waals surface area contributed by atoms with E-state index in [2.05, 4.69) is 5.32 Å². The van der Waals surface area contributed by atoms with Crippen LogP contribution in [0.1, 0.15) is 10.4 Å². The summed E-state index contributed by atoms with van der Waals surface area (Å²) in [7, 11) is 7.64. The first-order valence-electron chi connectivity index (χ1n) is 9.52. The average Bonchev–Trinajstić information content (AvgIpc) is 2.81. The molecule has 0 radical (unpaired) electrons. The zero-order valence-electron chi connectivity index (χ0n) is 18.4. The quantitative estimate of drug-likeness (QED) is 0.580. The van der Waals surface area contributed by atoms with Gasteiger partial charge in [-0.05, 0) is 36.4 Å². The molecule has 0 saturated carbocycles. The Morgan fingerprint density at radius 3 is 1.97 bits per heavy atom. The summed E-state index contributed by atoms with van der Waals surface area (Å²) in [6, 6.07) is 10.2. The Balaban J connectivity index is 1.86. The van der Waals surface area contributed by atoms with Crippen molar-refractivity contribution in [2.24, 2.45) is 0 Å². The molecule has 0 bridgehead atoms. The second-order valence-corrected chi connectivity index (χ2v) is 6.44. The summed E-state index contributed by atoms with van der Waals surface area (Å²) in [4.78, 5) is 26.3. The Labute approximate surface area is 181 Å². The van der Waals surface area contributed by atoms with E-state index in [0.717, 1.165) is 5.75 Å². The lowest BCUT2D eigenvalue weighted by atomic mass is 10.1. The van der Waals surface area contributed by atoms with Crippen molar-refractivity contribution in [3.05, 3.63) is 42.0 Å². The van der Waals surface area contributed by atoms with Crippen LogP contribution in [0.15, 0.2) is 36.4 Å². The van der Waals surface area contributed by atoms with Gasteiger partial charge in [-0.1, -0.05) is 0 Å². The van der Waals surface area contributed by atoms with Crippen LogP contribution < -0.4 is 29.0 Å². The minimum absolute atomic E-state index is 0.158. The molecule has 0 aliphatic heterocycles. The highest BCUT2D eigenvalue weighted by atomic mass is 16.5. The molecule has 0 spiro atoms. The van der Waals surface area contributed by atoms with Gasteiger partial charge in [0.25, 0.3) is 5.91 Å². The van der Waals surface area contributed by atoms with E-state index < -0.39 is 5.91 Å². The van der Waals surface area contributed by atoms with Crippen LogP contribution in [-0.4, -0.2) is 71.9 Å². The first kappa shape index (κ1) is 23.7. The fourth-order valence-corrected chi connectivity index (χ4v) is 2.70. The molecule has 2 rings (SSSR count). The number of nitrogens with one attached hydrogen (secondary N) is 1. The predicted molar refractivity (Wildman–Crippen MR) is 115 cm³/mol. The van der Waals surface area contributed by atoms with E-state index in [-0.39, 0.29) is 18.0 Å². The van der Waals surface area contributed by atoms with Gasteiger partial charge in [0.15, 0.2) is 11.5 Å². The van der Waals surface area contributed by atoms with Crippen molar-refractivity contribution >= 4 is 11.8 Å². The largest absolute Gasteiger partial charge is 0.497 e. The fraction of sp³-hybridized carbons (Fsp3) is 0.364. The monoisotopic (exact) mass is 432 g/mol. The summed E-state index contributed by atoms with van der Waals surface area (Å²) >= 11 is 0. The molecule has 9 heteroatoms. The standard InChI is InChI=1S/C22H28N2O7/c1-24(10-11-31-17-8-6-16(27-2)7-9-17)20(25)14-23-22(26)15-12-18(28-3)21(30-5)19(13-15)29-4/h6-9,12-13H,10-11,14H2,1-5H3,(H,23,26).